The normalized spacial score (nSPS) is 13.3. The molecular formula is C27H24N4O3S. The second-order valence-corrected chi connectivity index (χ2v) is 9.39. The fourth-order valence-corrected chi connectivity index (χ4v) is 4.76. The Morgan fingerprint density at radius 2 is 1.74 bits per heavy atom. The minimum atomic E-state index is -0.290. The quantitative estimate of drug-likeness (QED) is 0.397. The molecule has 0 radical (unpaired) electrons. The molecule has 0 bridgehead atoms. The van der Waals surface area contributed by atoms with Gasteiger partial charge >= 0.3 is 0 Å². The number of carbonyl (C=O) groups excluding carboxylic acids is 2. The number of aliphatic hydroxyl groups excluding tert-OH is 1. The first-order chi connectivity index (χ1) is 17.0. The van der Waals surface area contributed by atoms with Crippen LogP contribution in [0.2, 0.25) is 0 Å². The Hall–Kier alpha value is -3.88. The highest BCUT2D eigenvalue weighted by Crippen LogP contribution is 2.27. The Morgan fingerprint density at radius 3 is 2.49 bits per heavy atom. The standard InChI is InChI=1S/C27H24N4O3S/c32-23(14-29-27(34)19-4-6-22(7-5-19)31-15-24(33)16-31)13-26-30-25(17-35-26)21-3-1-2-20(12-21)18-8-10-28-11-9-18/h1-12,17,24,33H,13-16H2,(H,29,34). The summed E-state index contributed by atoms with van der Waals surface area (Å²) in [5.41, 5.74) is 5.43. The fourth-order valence-electron chi connectivity index (χ4n) is 3.93. The van der Waals surface area contributed by atoms with Crippen molar-refractivity contribution in [3.63, 3.8) is 0 Å². The van der Waals surface area contributed by atoms with Crippen LogP contribution in [0.25, 0.3) is 22.4 Å². The lowest BCUT2D eigenvalue weighted by atomic mass is 10.0. The molecule has 2 aromatic carbocycles. The van der Waals surface area contributed by atoms with E-state index in [1.165, 1.54) is 11.3 Å². The highest BCUT2D eigenvalue weighted by molar-refractivity contribution is 7.10. The molecule has 1 saturated heterocycles. The van der Waals surface area contributed by atoms with E-state index in [1.54, 1.807) is 24.5 Å². The molecule has 35 heavy (non-hydrogen) atoms. The summed E-state index contributed by atoms with van der Waals surface area (Å²) in [6.07, 6.45) is 3.42. The number of aliphatic hydroxyl groups is 1. The first-order valence-electron chi connectivity index (χ1n) is 11.3. The minimum Gasteiger partial charge on any atom is -0.389 e. The molecule has 5 rings (SSSR count). The van der Waals surface area contributed by atoms with E-state index in [-0.39, 0.29) is 30.8 Å². The first-order valence-corrected chi connectivity index (χ1v) is 12.2. The van der Waals surface area contributed by atoms with Crippen LogP contribution in [0, 0.1) is 0 Å². The second kappa shape index (κ2) is 10.2. The highest BCUT2D eigenvalue weighted by Gasteiger charge is 2.24. The summed E-state index contributed by atoms with van der Waals surface area (Å²) in [6.45, 7) is 1.16. The summed E-state index contributed by atoms with van der Waals surface area (Å²) < 4.78 is 0. The van der Waals surface area contributed by atoms with Crippen LogP contribution in [0.5, 0.6) is 0 Å². The molecule has 0 spiro atoms. The molecule has 0 saturated carbocycles. The van der Waals surface area contributed by atoms with Crippen LogP contribution in [-0.4, -0.2) is 52.5 Å². The van der Waals surface area contributed by atoms with E-state index in [0.717, 1.165) is 33.1 Å². The van der Waals surface area contributed by atoms with E-state index in [0.29, 0.717) is 18.7 Å². The Labute approximate surface area is 207 Å². The molecule has 4 aromatic rings. The van der Waals surface area contributed by atoms with Crippen LogP contribution < -0.4 is 10.2 Å². The zero-order valence-corrected chi connectivity index (χ0v) is 19.7. The molecule has 0 unspecified atom stereocenters. The van der Waals surface area contributed by atoms with Gasteiger partial charge in [-0.25, -0.2) is 4.98 Å². The lowest BCUT2D eigenvalue weighted by Crippen LogP contribution is -2.50. The molecule has 1 aliphatic heterocycles. The van der Waals surface area contributed by atoms with Gasteiger partial charge in [0.05, 0.1) is 24.8 Å². The molecule has 176 valence electrons. The van der Waals surface area contributed by atoms with Gasteiger partial charge in [0, 0.05) is 47.7 Å². The van der Waals surface area contributed by atoms with Crippen LogP contribution >= 0.6 is 11.3 Å². The number of β-amino-alcohol motifs (C(OH)–C–C–N with tert-alkyl or cyclic N) is 1. The van der Waals surface area contributed by atoms with Crippen molar-refractivity contribution in [2.45, 2.75) is 12.5 Å². The fraction of sp³-hybridized carbons (Fsp3) is 0.185. The number of Topliss-reactive ketones (excluding diaryl/α,β-unsaturated/α-hetero) is 1. The topological polar surface area (TPSA) is 95.4 Å². The summed E-state index contributed by atoms with van der Waals surface area (Å²) in [6, 6.07) is 19.2. The van der Waals surface area contributed by atoms with Crippen molar-refractivity contribution in [2.75, 3.05) is 24.5 Å². The van der Waals surface area contributed by atoms with Crippen molar-refractivity contribution in [3.8, 4) is 22.4 Å². The largest absolute Gasteiger partial charge is 0.389 e. The number of amides is 1. The smallest absolute Gasteiger partial charge is 0.251 e. The third kappa shape index (κ3) is 5.45. The van der Waals surface area contributed by atoms with Gasteiger partial charge in [-0.15, -0.1) is 11.3 Å². The summed E-state index contributed by atoms with van der Waals surface area (Å²) in [5, 5.41) is 14.8. The SMILES string of the molecule is O=C(CNC(=O)c1ccc(N2CC(O)C2)cc1)Cc1nc(-c2cccc(-c3ccncc3)c2)cs1. The highest BCUT2D eigenvalue weighted by atomic mass is 32.1. The molecule has 2 N–H and O–H groups in total. The van der Waals surface area contributed by atoms with E-state index in [4.69, 9.17) is 0 Å². The average molecular weight is 485 g/mol. The number of pyridine rings is 1. The Bertz CT molecular complexity index is 1330. The third-order valence-electron chi connectivity index (χ3n) is 5.88. The van der Waals surface area contributed by atoms with Crippen molar-refractivity contribution in [1.29, 1.82) is 0 Å². The van der Waals surface area contributed by atoms with Crippen LogP contribution in [0.4, 0.5) is 5.69 Å². The number of nitrogens with zero attached hydrogens (tertiary/aromatic N) is 3. The van der Waals surface area contributed by atoms with E-state index in [9.17, 15) is 14.7 Å². The number of rotatable bonds is 8. The summed E-state index contributed by atoms with van der Waals surface area (Å²) in [4.78, 5) is 35.6. The van der Waals surface area contributed by atoms with Gasteiger partial charge < -0.3 is 15.3 Å². The zero-order chi connectivity index (χ0) is 24.2. The number of thiazole rings is 1. The minimum absolute atomic E-state index is 0.0503. The van der Waals surface area contributed by atoms with Gasteiger partial charge in [-0.3, -0.25) is 14.6 Å². The third-order valence-corrected chi connectivity index (χ3v) is 6.72. The maximum atomic E-state index is 12.5. The number of aromatic nitrogens is 2. The van der Waals surface area contributed by atoms with E-state index in [1.807, 2.05) is 52.7 Å². The maximum Gasteiger partial charge on any atom is 0.251 e. The average Bonchev–Trinajstić information content (AvgIpc) is 3.34. The number of benzene rings is 2. The molecule has 3 heterocycles. The number of anilines is 1. The molecule has 0 atom stereocenters. The number of hydrogen-bond acceptors (Lipinski definition) is 7. The van der Waals surface area contributed by atoms with E-state index < -0.39 is 0 Å². The predicted octanol–water partition coefficient (Wildman–Crippen LogP) is 3.59. The van der Waals surface area contributed by atoms with Crippen molar-refractivity contribution >= 4 is 28.7 Å². The van der Waals surface area contributed by atoms with Crippen LogP contribution in [0.1, 0.15) is 15.4 Å². The van der Waals surface area contributed by atoms with Crippen molar-refractivity contribution in [3.05, 3.63) is 89.0 Å². The van der Waals surface area contributed by atoms with Gasteiger partial charge in [-0.05, 0) is 53.6 Å². The predicted molar refractivity (Wildman–Crippen MR) is 136 cm³/mol. The van der Waals surface area contributed by atoms with Crippen LogP contribution in [0.3, 0.4) is 0 Å². The van der Waals surface area contributed by atoms with E-state index >= 15 is 0 Å². The maximum absolute atomic E-state index is 12.5. The molecule has 0 aliphatic carbocycles. The monoisotopic (exact) mass is 484 g/mol. The number of carbonyl (C=O) groups is 2. The zero-order valence-electron chi connectivity index (χ0n) is 18.9. The number of nitrogens with one attached hydrogen (secondary N) is 1. The summed E-state index contributed by atoms with van der Waals surface area (Å²) >= 11 is 1.44. The van der Waals surface area contributed by atoms with Crippen LogP contribution in [-0.2, 0) is 11.2 Å². The lowest BCUT2D eigenvalue weighted by molar-refractivity contribution is -0.117. The van der Waals surface area contributed by atoms with Crippen molar-refractivity contribution in [2.24, 2.45) is 0 Å². The van der Waals surface area contributed by atoms with Crippen LogP contribution in [0.15, 0.2) is 78.4 Å². The lowest BCUT2D eigenvalue weighted by Gasteiger charge is -2.37. The first kappa shape index (κ1) is 22.9. The van der Waals surface area contributed by atoms with Gasteiger partial charge in [-0.1, -0.05) is 18.2 Å². The van der Waals surface area contributed by atoms with Crippen molar-refractivity contribution < 1.29 is 14.7 Å². The molecular weight excluding hydrogens is 460 g/mol. The molecule has 2 aromatic heterocycles. The summed E-state index contributed by atoms with van der Waals surface area (Å²) in [5.74, 6) is -0.391. The Kier molecular flexibility index (Phi) is 6.65. The second-order valence-electron chi connectivity index (χ2n) is 8.45. The van der Waals surface area contributed by atoms with Gasteiger partial charge in [0.1, 0.15) is 5.01 Å². The Morgan fingerprint density at radius 1 is 1.00 bits per heavy atom. The van der Waals surface area contributed by atoms with E-state index in [2.05, 4.69) is 21.4 Å². The number of ketones is 1. The van der Waals surface area contributed by atoms with Gasteiger partial charge in [0.15, 0.2) is 5.78 Å². The molecule has 1 fully saturated rings. The number of hydrogen-bond donors (Lipinski definition) is 2. The van der Waals surface area contributed by atoms with Gasteiger partial charge in [0.2, 0.25) is 0 Å². The molecule has 1 aliphatic rings. The molecule has 1 amide bonds. The molecule has 7 nitrogen and oxygen atoms in total. The van der Waals surface area contributed by atoms with Gasteiger partial charge in [-0.2, -0.15) is 0 Å². The molecule has 8 heteroatoms. The van der Waals surface area contributed by atoms with Gasteiger partial charge in [0.25, 0.3) is 5.91 Å². The van der Waals surface area contributed by atoms with Crippen molar-refractivity contribution in [1.82, 2.24) is 15.3 Å². The Balaban J connectivity index is 1.15. The summed E-state index contributed by atoms with van der Waals surface area (Å²) in [7, 11) is 0.